The van der Waals surface area contributed by atoms with Crippen molar-refractivity contribution >= 4 is 26.7 Å². The number of nitrogens with zero attached hydrogens (tertiary/aromatic N) is 2. The lowest BCUT2D eigenvalue weighted by atomic mass is 10.2. The summed E-state index contributed by atoms with van der Waals surface area (Å²) < 4.78 is 2.52. The minimum atomic E-state index is -0.0414. The van der Waals surface area contributed by atoms with E-state index in [0.717, 1.165) is 9.86 Å². The Morgan fingerprint density at radius 3 is 2.94 bits per heavy atom. The van der Waals surface area contributed by atoms with Crippen molar-refractivity contribution in [3.63, 3.8) is 0 Å². The summed E-state index contributed by atoms with van der Waals surface area (Å²) in [6.45, 7) is 0.446. The molecule has 3 nitrogen and oxygen atoms in total. The second kappa shape index (κ2) is 4.50. The maximum atomic E-state index is 12.0. The Morgan fingerprint density at radius 2 is 2.19 bits per heavy atom. The Labute approximate surface area is 101 Å². The fraction of sp³-hybridized carbons (Fsp3) is 0.167. The van der Waals surface area contributed by atoms with E-state index in [1.165, 1.54) is 0 Å². The number of nitriles is 1. The molecule has 0 amide bonds. The molecule has 0 radical (unpaired) electrons. The van der Waals surface area contributed by atoms with Crippen LogP contribution in [0.1, 0.15) is 6.42 Å². The third-order valence-corrected chi connectivity index (χ3v) is 2.90. The van der Waals surface area contributed by atoms with E-state index in [-0.39, 0.29) is 5.56 Å². The van der Waals surface area contributed by atoms with Crippen molar-refractivity contribution in [2.45, 2.75) is 13.0 Å². The average molecular weight is 277 g/mol. The molecule has 4 heteroatoms. The molecule has 1 heterocycles. The van der Waals surface area contributed by atoms with Crippen LogP contribution in [0.3, 0.4) is 0 Å². The first-order chi connectivity index (χ1) is 7.72. The van der Waals surface area contributed by atoms with Gasteiger partial charge in [0.05, 0.1) is 12.5 Å². The van der Waals surface area contributed by atoms with Gasteiger partial charge in [-0.2, -0.15) is 5.26 Å². The van der Waals surface area contributed by atoms with E-state index in [1.807, 2.05) is 24.3 Å². The zero-order chi connectivity index (χ0) is 11.5. The molecule has 1 aromatic heterocycles. The number of pyridine rings is 1. The highest BCUT2D eigenvalue weighted by molar-refractivity contribution is 9.10. The number of fused-ring (bicyclic) bond motifs is 1. The summed E-state index contributed by atoms with van der Waals surface area (Å²) in [7, 11) is 0. The van der Waals surface area contributed by atoms with Crippen LogP contribution in [-0.4, -0.2) is 4.57 Å². The van der Waals surface area contributed by atoms with E-state index in [1.54, 1.807) is 16.8 Å². The van der Waals surface area contributed by atoms with E-state index < -0.39 is 0 Å². The van der Waals surface area contributed by atoms with Crippen molar-refractivity contribution in [1.29, 1.82) is 5.26 Å². The minimum absolute atomic E-state index is 0.0414. The lowest BCUT2D eigenvalue weighted by Crippen LogP contribution is -2.19. The molecule has 16 heavy (non-hydrogen) atoms. The van der Waals surface area contributed by atoms with Gasteiger partial charge in [0.15, 0.2) is 0 Å². The molecule has 2 rings (SSSR count). The number of aryl methyl sites for hydroxylation is 1. The van der Waals surface area contributed by atoms with Gasteiger partial charge in [0, 0.05) is 22.6 Å². The highest BCUT2D eigenvalue weighted by atomic mass is 79.9. The topological polar surface area (TPSA) is 45.8 Å². The lowest BCUT2D eigenvalue weighted by Gasteiger charge is -2.04. The predicted molar refractivity (Wildman–Crippen MR) is 66.1 cm³/mol. The molecule has 0 unspecified atom stereocenters. The van der Waals surface area contributed by atoms with Crippen LogP contribution < -0.4 is 5.56 Å². The number of hydrogen-bond donors (Lipinski definition) is 0. The Morgan fingerprint density at radius 1 is 1.38 bits per heavy atom. The summed E-state index contributed by atoms with van der Waals surface area (Å²) in [6, 6.07) is 9.47. The molecule has 80 valence electrons. The smallest absolute Gasteiger partial charge is 0.258 e. The SMILES string of the molecule is N#CCCn1ccc2cc(Br)ccc2c1=O. The Kier molecular flexibility index (Phi) is 3.07. The second-order valence-electron chi connectivity index (χ2n) is 3.45. The standard InChI is InChI=1S/C12H9BrN2O/c13-10-2-3-11-9(8-10)4-7-15(12(11)16)6-1-5-14/h2-4,7-8H,1,6H2. The van der Waals surface area contributed by atoms with Gasteiger partial charge >= 0.3 is 0 Å². The minimum Gasteiger partial charge on any atom is -0.314 e. The van der Waals surface area contributed by atoms with E-state index in [4.69, 9.17) is 5.26 Å². The molecule has 0 N–H and O–H groups in total. The highest BCUT2D eigenvalue weighted by Gasteiger charge is 2.02. The quantitative estimate of drug-likeness (QED) is 0.847. The van der Waals surface area contributed by atoms with E-state index >= 15 is 0 Å². The normalized spacial score (nSPS) is 10.2. The van der Waals surface area contributed by atoms with Crippen molar-refractivity contribution in [1.82, 2.24) is 4.57 Å². The fourth-order valence-corrected chi connectivity index (χ4v) is 1.98. The van der Waals surface area contributed by atoms with Crippen molar-refractivity contribution in [2.24, 2.45) is 0 Å². The first-order valence-corrected chi connectivity index (χ1v) is 5.67. The fourth-order valence-electron chi connectivity index (χ4n) is 1.61. The van der Waals surface area contributed by atoms with Crippen LogP contribution in [0.2, 0.25) is 0 Å². The molecule has 0 saturated carbocycles. The first-order valence-electron chi connectivity index (χ1n) is 4.88. The van der Waals surface area contributed by atoms with Crippen LogP contribution in [0.5, 0.6) is 0 Å². The largest absolute Gasteiger partial charge is 0.314 e. The maximum Gasteiger partial charge on any atom is 0.258 e. The van der Waals surface area contributed by atoms with Crippen molar-refractivity contribution in [2.75, 3.05) is 0 Å². The molecule has 0 atom stereocenters. The lowest BCUT2D eigenvalue weighted by molar-refractivity contribution is 0.692. The second-order valence-corrected chi connectivity index (χ2v) is 4.37. The van der Waals surface area contributed by atoms with Gasteiger partial charge in [-0.15, -0.1) is 0 Å². The first kappa shape index (κ1) is 10.9. The summed E-state index contributed by atoms with van der Waals surface area (Å²) in [5.41, 5.74) is -0.0414. The van der Waals surface area contributed by atoms with Crippen LogP contribution in [0, 0.1) is 11.3 Å². The molecule has 0 fully saturated rings. The van der Waals surface area contributed by atoms with Crippen molar-refractivity contribution in [3.05, 3.63) is 45.3 Å². The Hall–Kier alpha value is -1.60. The molecule has 0 spiro atoms. The molecule has 0 aliphatic carbocycles. The van der Waals surface area contributed by atoms with Crippen molar-refractivity contribution in [3.8, 4) is 6.07 Å². The molecule has 2 aromatic rings. The summed E-state index contributed by atoms with van der Waals surface area (Å²) in [6.07, 6.45) is 2.08. The third kappa shape index (κ3) is 2.00. The van der Waals surface area contributed by atoms with Gasteiger partial charge in [0.25, 0.3) is 5.56 Å². The number of hydrogen-bond acceptors (Lipinski definition) is 2. The molecule has 0 aliphatic heterocycles. The van der Waals surface area contributed by atoms with Crippen molar-refractivity contribution < 1.29 is 0 Å². The Balaban J connectivity index is 2.58. The van der Waals surface area contributed by atoms with Gasteiger partial charge < -0.3 is 4.57 Å². The van der Waals surface area contributed by atoms with Crippen LogP contribution in [0.25, 0.3) is 10.8 Å². The average Bonchev–Trinajstić information content (AvgIpc) is 2.28. The monoisotopic (exact) mass is 276 g/mol. The Bertz CT molecular complexity index is 625. The number of aromatic nitrogens is 1. The molecule has 0 bridgehead atoms. The van der Waals surface area contributed by atoms with Crippen LogP contribution in [-0.2, 0) is 6.54 Å². The number of halogens is 1. The summed E-state index contributed by atoms with van der Waals surface area (Å²) in [5.74, 6) is 0. The predicted octanol–water partition coefficient (Wildman–Crippen LogP) is 2.68. The van der Waals surface area contributed by atoms with Gasteiger partial charge in [-0.25, -0.2) is 0 Å². The van der Waals surface area contributed by atoms with Crippen LogP contribution in [0.15, 0.2) is 39.7 Å². The van der Waals surface area contributed by atoms with Gasteiger partial charge in [-0.05, 0) is 29.7 Å². The van der Waals surface area contributed by atoms with Gasteiger partial charge in [-0.1, -0.05) is 15.9 Å². The van der Waals surface area contributed by atoms with Gasteiger partial charge in [0.1, 0.15) is 0 Å². The maximum absolute atomic E-state index is 12.0. The molecular formula is C12H9BrN2O. The van der Waals surface area contributed by atoms with Crippen LogP contribution in [0.4, 0.5) is 0 Å². The summed E-state index contributed by atoms with van der Waals surface area (Å²) in [4.78, 5) is 12.0. The number of benzene rings is 1. The van der Waals surface area contributed by atoms with E-state index in [2.05, 4.69) is 15.9 Å². The summed E-state index contributed by atoms with van der Waals surface area (Å²) >= 11 is 3.37. The molecule has 0 aliphatic rings. The molecule has 0 saturated heterocycles. The third-order valence-electron chi connectivity index (χ3n) is 2.40. The van der Waals surface area contributed by atoms with Crippen LogP contribution >= 0.6 is 15.9 Å². The van der Waals surface area contributed by atoms with E-state index in [9.17, 15) is 4.79 Å². The summed E-state index contributed by atoms with van der Waals surface area (Å²) in [5, 5.41) is 10.1. The van der Waals surface area contributed by atoms with E-state index in [0.29, 0.717) is 18.4 Å². The van der Waals surface area contributed by atoms with Gasteiger partial charge in [0.2, 0.25) is 0 Å². The number of rotatable bonds is 2. The molecule has 1 aromatic carbocycles. The van der Waals surface area contributed by atoms with Gasteiger partial charge in [-0.3, -0.25) is 4.79 Å². The zero-order valence-corrected chi connectivity index (χ0v) is 10.1. The highest BCUT2D eigenvalue weighted by Crippen LogP contribution is 2.16. The zero-order valence-electron chi connectivity index (χ0n) is 8.48. The molecular weight excluding hydrogens is 268 g/mol.